The summed E-state index contributed by atoms with van der Waals surface area (Å²) in [6.07, 6.45) is -0.832. The summed E-state index contributed by atoms with van der Waals surface area (Å²) < 4.78 is 0. The highest BCUT2D eigenvalue weighted by molar-refractivity contribution is 5.94. The van der Waals surface area contributed by atoms with Crippen LogP contribution in [0.4, 0.5) is 0 Å². The van der Waals surface area contributed by atoms with Gasteiger partial charge in [-0.15, -0.1) is 0 Å². The maximum absolute atomic E-state index is 13.0. The van der Waals surface area contributed by atoms with E-state index in [9.17, 15) is 29.4 Å². The second-order valence-electron chi connectivity index (χ2n) is 8.58. The van der Waals surface area contributed by atoms with Crippen LogP contribution in [0, 0.1) is 11.8 Å². The molecular weight excluding hydrogens is 434 g/mol. The van der Waals surface area contributed by atoms with Gasteiger partial charge in [-0.05, 0) is 31.6 Å². The minimum absolute atomic E-state index is 0.107. The SMILES string of the molecule is CC(C)C(N)C(=O)NC(CCCN=C(N)N)C(=O)NC(C(=O)NC(C(=O)O)C(C)O)C(C)C. The number of carbonyl (C=O) groups excluding carboxylic acids is 3. The maximum Gasteiger partial charge on any atom is 0.328 e. The fraction of sp³-hybridized carbons (Fsp3) is 0.750. The first-order chi connectivity index (χ1) is 15.2. The molecule has 3 amide bonds. The Morgan fingerprint density at radius 3 is 1.82 bits per heavy atom. The summed E-state index contributed by atoms with van der Waals surface area (Å²) in [5, 5.41) is 26.2. The Labute approximate surface area is 193 Å². The van der Waals surface area contributed by atoms with E-state index in [-0.39, 0.29) is 24.8 Å². The van der Waals surface area contributed by atoms with Crippen molar-refractivity contribution in [3.63, 3.8) is 0 Å². The summed E-state index contributed by atoms with van der Waals surface area (Å²) in [6, 6.07) is -4.54. The van der Waals surface area contributed by atoms with E-state index < -0.39 is 59.9 Å². The number of hydrogen-bond donors (Lipinski definition) is 8. The van der Waals surface area contributed by atoms with Gasteiger partial charge in [0.1, 0.15) is 12.1 Å². The number of aliphatic hydroxyl groups is 1. The van der Waals surface area contributed by atoms with Gasteiger partial charge in [-0.2, -0.15) is 0 Å². The molecule has 0 aromatic rings. The summed E-state index contributed by atoms with van der Waals surface area (Å²) >= 11 is 0. The number of nitrogens with two attached hydrogens (primary N) is 3. The number of carboxylic acids is 1. The Morgan fingerprint density at radius 1 is 0.848 bits per heavy atom. The predicted octanol–water partition coefficient (Wildman–Crippen LogP) is -2.40. The van der Waals surface area contributed by atoms with Crippen LogP contribution >= 0.6 is 0 Å². The second kappa shape index (κ2) is 14.3. The lowest BCUT2D eigenvalue weighted by molar-refractivity contribution is -0.145. The molecule has 0 fully saturated rings. The van der Waals surface area contributed by atoms with Gasteiger partial charge < -0.3 is 43.4 Å². The zero-order valence-electron chi connectivity index (χ0n) is 19.9. The van der Waals surface area contributed by atoms with E-state index in [2.05, 4.69) is 20.9 Å². The minimum atomic E-state index is -1.55. The van der Waals surface area contributed by atoms with Crippen LogP contribution in [0.3, 0.4) is 0 Å². The second-order valence-corrected chi connectivity index (χ2v) is 8.58. The Hall–Kier alpha value is -2.93. The third kappa shape index (κ3) is 11.0. The molecule has 190 valence electrons. The fourth-order valence-corrected chi connectivity index (χ4v) is 2.76. The van der Waals surface area contributed by atoms with E-state index in [0.29, 0.717) is 6.42 Å². The van der Waals surface area contributed by atoms with Gasteiger partial charge >= 0.3 is 5.97 Å². The molecule has 0 aliphatic rings. The average Bonchev–Trinajstić information content (AvgIpc) is 2.70. The Morgan fingerprint density at radius 2 is 1.39 bits per heavy atom. The zero-order chi connectivity index (χ0) is 25.9. The van der Waals surface area contributed by atoms with Crippen LogP contribution in [-0.2, 0) is 19.2 Å². The number of aliphatic carboxylic acids is 1. The molecule has 0 aliphatic carbocycles. The van der Waals surface area contributed by atoms with Gasteiger partial charge in [0.25, 0.3) is 0 Å². The number of rotatable bonds is 14. The molecule has 0 bridgehead atoms. The van der Waals surface area contributed by atoms with Crippen molar-refractivity contribution < 1.29 is 29.4 Å². The molecule has 0 aromatic heterocycles. The first-order valence-corrected chi connectivity index (χ1v) is 10.8. The van der Waals surface area contributed by atoms with Crippen molar-refractivity contribution in [3.05, 3.63) is 0 Å². The lowest BCUT2D eigenvalue weighted by atomic mass is 10.0. The maximum atomic E-state index is 13.0. The van der Waals surface area contributed by atoms with Gasteiger partial charge in [-0.25, -0.2) is 4.79 Å². The topological polar surface area (TPSA) is 235 Å². The third-order valence-electron chi connectivity index (χ3n) is 4.89. The van der Waals surface area contributed by atoms with Crippen LogP contribution in [0.25, 0.3) is 0 Å². The van der Waals surface area contributed by atoms with E-state index in [4.69, 9.17) is 17.2 Å². The van der Waals surface area contributed by atoms with Gasteiger partial charge in [0.15, 0.2) is 12.0 Å². The number of amides is 3. The Balaban J connectivity index is 5.52. The smallest absolute Gasteiger partial charge is 0.328 e. The first kappa shape index (κ1) is 30.1. The molecule has 0 saturated heterocycles. The Kier molecular flexibility index (Phi) is 13.0. The normalized spacial score (nSPS) is 15.7. The van der Waals surface area contributed by atoms with Crippen LogP contribution in [0.5, 0.6) is 0 Å². The zero-order valence-corrected chi connectivity index (χ0v) is 19.9. The number of aliphatic hydroxyl groups excluding tert-OH is 1. The van der Waals surface area contributed by atoms with E-state index >= 15 is 0 Å². The number of aliphatic imine (C=N–C) groups is 1. The number of guanidine groups is 1. The predicted molar refractivity (Wildman–Crippen MR) is 123 cm³/mol. The highest BCUT2D eigenvalue weighted by atomic mass is 16.4. The molecular formula is C20H39N7O6. The molecule has 0 aromatic carbocycles. The molecule has 0 radical (unpaired) electrons. The van der Waals surface area contributed by atoms with Crippen LogP contribution in [-0.4, -0.2) is 76.7 Å². The van der Waals surface area contributed by atoms with Gasteiger partial charge in [0.2, 0.25) is 17.7 Å². The lowest BCUT2D eigenvalue weighted by Crippen LogP contribution is -2.59. The highest BCUT2D eigenvalue weighted by Gasteiger charge is 2.33. The summed E-state index contributed by atoms with van der Waals surface area (Å²) in [5.41, 5.74) is 16.5. The number of carbonyl (C=O) groups is 4. The molecule has 0 spiro atoms. The summed E-state index contributed by atoms with van der Waals surface area (Å²) in [5.74, 6) is -4.08. The highest BCUT2D eigenvalue weighted by Crippen LogP contribution is 2.08. The molecule has 5 atom stereocenters. The van der Waals surface area contributed by atoms with E-state index in [0.717, 1.165) is 0 Å². The van der Waals surface area contributed by atoms with Crippen molar-refractivity contribution in [2.45, 2.75) is 77.7 Å². The van der Waals surface area contributed by atoms with Gasteiger partial charge in [-0.1, -0.05) is 27.7 Å². The number of nitrogens with one attached hydrogen (secondary N) is 3. The van der Waals surface area contributed by atoms with Crippen molar-refractivity contribution in [1.29, 1.82) is 0 Å². The van der Waals surface area contributed by atoms with Gasteiger partial charge in [-0.3, -0.25) is 19.4 Å². The van der Waals surface area contributed by atoms with Gasteiger partial charge in [0.05, 0.1) is 12.1 Å². The summed E-state index contributed by atoms with van der Waals surface area (Å²) in [6.45, 7) is 8.28. The molecule has 13 heteroatoms. The number of hydrogen-bond acceptors (Lipinski definition) is 7. The fourth-order valence-electron chi connectivity index (χ4n) is 2.76. The number of nitrogens with zero attached hydrogens (tertiary/aromatic N) is 1. The summed E-state index contributed by atoms with van der Waals surface area (Å²) in [7, 11) is 0. The molecule has 11 N–H and O–H groups in total. The van der Waals surface area contributed by atoms with Crippen LogP contribution in [0.1, 0.15) is 47.5 Å². The van der Waals surface area contributed by atoms with Crippen molar-refractivity contribution in [2.75, 3.05) is 6.54 Å². The van der Waals surface area contributed by atoms with E-state index in [1.807, 2.05) is 0 Å². The average molecular weight is 474 g/mol. The van der Waals surface area contributed by atoms with E-state index in [1.165, 1.54) is 6.92 Å². The molecule has 5 unspecified atom stereocenters. The van der Waals surface area contributed by atoms with Crippen molar-refractivity contribution >= 4 is 29.7 Å². The van der Waals surface area contributed by atoms with Crippen molar-refractivity contribution in [1.82, 2.24) is 16.0 Å². The molecule has 13 nitrogen and oxygen atoms in total. The Bertz CT molecular complexity index is 707. The van der Waals surface area contributed by atoms with Crippen molar-refractivity contribution in [2.24, 2.45) is 34.0 Å². The summed E-state index contributed by atoms with van der Waals surface area (Å²) in [4.78, 5) is 53.2. The van der Waals surface area contributed by atoms with Gasteiger partial charge in [0, 0.05) is 6.54 Å². The molecule has 0 saturated carbocycles. The molecule has 0 aliphatic heterocycles. The van der Waals surface area contributed by atoms with Crippen molar-refractivity contribution in [3.8, 4) is 0 Å². The standard InChI is InChI=1S/C20H39N7O6/c1-9(2)13(21)17(30)25-12(7-6-8-24-20(22)23)16(29)26-14(10(3)4)18(31)27-15(11(5)28)19(32)33/h9-15,28H,6-8,21H2,1-5H3,(H,25,30)(H,26,29)(H,27,31)(H,32,33)(H4,22,23,24). The van der Waals surface area contributed by atoms with Crippen LogP contribution in [0.15, 0.2) is 4.99 Å². The van der Waals surface area contributed by atoms with E-state index in [1.54, 1.807) is 27.7 Å². The lowest BCUT2D eigenvalue weighted by Gasteiger charge is -2.28. The largest absolute Gasteiger partial charge is 0.480 e. The molecule has 0 heterocycles. The number of carboxylic acid groups (broad SMARTS) is 1. The van der Waals surface area contributed by atoms with Crippen LogP contribution in [0.2, 0.25) is 0 Å². The molecule has 0 rings (SSSR count). The van der Waals surface area contributed by atoms with Crippen LogP contribution < -0.4 is 33.2 Å². The quantitative estimate of drug-likeness (QED) is 0.0761. The minimum Gasteiger partial charge on any atom is -0.480 e. The first-order valence-electron chi connectivity index (χ1n) is 10.8. The third-order valence-corrected chi connectivity index (χ3v) is 4.89. The molecule has 33 heavy (non-hydrogen) atoms. The monoisotopic (exact) mass is 473 g/mol.